The molecule has 2 fully saturated rings. The molecule has 2 bridgehead atoms. The number of nitrogens with zero attached hydrogens (tertiary/aromatic N) is 2. The molecule has 3 heterocycles. The number of ether oxygens (including phenoxy) is 1. The largest absolute Gasteiger partial charge is 0.388 e. The SMILES string of the molecule is CNc1ccc(-c2nc(C3CC4CCC3O4)no2)cc1. The molecule has 3 unspecified atom stereocenters. The van der Waals surface area contributed by atoms with Crippen molar-refractivity contribution in [1.29, 1.82) is 0 Å². The van der Waals surface area contributed by atoms with Gasteiger partial charge >= 0.3 is 0 Å². The molecule has 20 heavy (non-hydrogen) atoms. The summed E-state index contributed by atoms with van der Waals surface area (Å²) in [6, 6.07) is 7.97. The fourth-order valence-corrected chi connectivity index (χ4v) is 3.19. The quantitative estimate of drug-likeness (QED) is 0.930. The number of fused-ring (bicyclic) bond motifs is 2. The van der Waals surface area contributed by atoms with Gasteiger partial charge in [-0.05, 0) is 43.5 Å². The molecule has 5 heteroatoms. The minimum atomic E-state index is 0.289. The molecule has 2 aromatic rings. The average molecular weight is 271 g/mol. The van der Waals surface area contributed by atoms with Crippen LogP contribution in [0.1, 0.15) is 31.0 Å². The summed E-state index contributed by atoms with van der Waals surface area (Å²) in [5.74, 6) is 1.69. The third kappa shape index (κ3) is 1.89. The van der Waals surface area contributed by atoms with E-state index in [0.717, 1.165) is 29.9 Å². The van der Waals surface area contributed by atoms with E-state index in [9.17, 15) is 0 Å². The van der Waals surface area contributed by atoms with E-state index in [4.69, 9.17) is 9.26 Å². The molecule has 2 aliphatic heterocycles. The number of benzene rings is 1. The Labute approximate surface area is 117 Å². The van der Waals surface area contributed by atoms with Crippen molar-refractivity contribution in [2.24, 2.45) is 0 Å². The molecule has 5 nitrogen and oxygen atoms in total. The van der Waals surface area contributed by atoms with Crippen LogP contribution in [-0.4, -0.2) is 29.4 Å². The maximum atomic E-state index is 5.85. The minimum Gasteiger partial charge on any atom is -0.388 e. The lowest BCUT2D eigenvalue weighted by molar-refractivity contribution is 0.0996. The van der Waals surface area contributed by atoms with Gasteiger partial charge in [0.2, 0.25) is 0 Å². The van der Waals surface area contributed by atoms with E-state index in [1.54, 1.807) is 0 Å². The lowest BCUT2D eigenvalue weighted by atomic mass is 9.89. The van der Waals surface area contributed by atoms with Crippen molar-refractivity contribution >= 4 is 5.69 Å². The predicted molar refractivity (Wildman–Crippen MR) is 74.5 cm³/mol. The lowest BCUT2D eigenvalue weighted by Gasteiger charge is -2.13. The molecule has 1 aromatic heterocycles. The zero-order valence-corrected chi connectivity index (χ0v) is 11.4. The van der Waals surface area contributed by atoms with Gasteiger partial charge in [0.05, 0.1) is 18.1 Å². The van der Waals surface area contributed by atoms with Crippen LogP contribution < -0.4 is 5.32 Å². The molecular weight excluding hydrogens is 254 g/mol. The zero-order chi connectivity index (χ0) is 13.5. The Balaban J connectivity index is 1.58. The van der Waals surface area contributed by atoms with Crippen LogP contribution in [0.3, 0.4) is 0 Å². The second-order valence-electron chi connectivity index (χ2n) is 5.50. The fourth-order valence-electron chi connectivity index (χ4n) is 3.19. The normalized spacial score (nSPS) is 27.9. The van der Waals surface area contributed by atoms with Crippen LogP contribution in [0.15, 0.2) is 28.8 Å². The average Bonchev–Trinajstić information content (AvgIpc) is 3.23. The van der Waals surface area contributed by atoms with Gasteiger partial charge in [0, 0.05) is 18.3 Å². The molecule has 0 spiro atoms. The number of rotatable bonds is 3. The van der Waals surface area contributed by atoms with Gasteiger partial charge in [-0.3, -0.25) is 0 Å². The first-order valence-corrected chi connectivity index (χ1v) is 7.11. The highest BCUT2D eigenvalue weighted by molar-refractivity contribution is 5.58. The Morgan fingerprint density at radius 2 is 2.05 bits per heavy atom. The Kier molecular flexibility index (Phi) is 2.73. The van der Waals surface area contributed by atoms with E-state index in [-0.39, 0.29) is 6.10 Å². The summed E-state index contributed by atoms with van der Waals surface area (Å²) in [7, 11) is 1.90. The number of aromatic nitrogens is 2. The van der Waals surface area contributed by atoms with Crippen molar-refractivity contribution in [2.45, 2.75) is 37.4 Å². The molecule has 4 rings (SSSR count). The number of hydrogen-bond acceptors (Lipinski definition) is 5. The van der Waals surface area contributed by atoms with Crippen LogP contribution >= 0.6 is 0 Å². The van der Waals surface area contributed by atoms with Gasteiger partial charge in [0.25, 0.3) is 5.89 Å². The highest BCUT2D eigenvalue weighted by atomic mass is 16.5. The summed E-state index contributed by atoms with van der Waals surface area (Å²) in [6.45, 7) is 0. The Morgan fingerprint density at radius 1 is 1.20 bits per heavy atom. The number of anilines is 1. The van der Waals surface area contributed by atoms with E-state index < -0.39 is 0 Å². The van der Waals surface area contributed by atoms with Crippen LogP contribution in [0.5, 0.6) is 0 Å². The van der Waals surface area contributed by atoms with Crippen LogP contribution in [0, 0.1) is 0 Å². The smallest absolute Gasteiger partial charge is 0.257 e. The zero-order valence-electron chi connectivity index (χ0n) is 11.4. The third-order valence-corrected chi connectivity index (χ3v) is 4.30. The molecule has 2 saturated heterocycles. The summed E-state index contributed by atoms with van der Waals surface area (Å²) in [5.41, 5.74) is 2.02. The molecule has 0 aliphatic carbocycles. The molecule has 3 atom stereocenters. The van der Waals surface area contributed by atoms with Crippen LogP contribution in [0.2, 0.25) is 0 Å². The van der Waals surface area contributed by atoms with Crippen molar-refractivity contribution in [3.8, 4) is 11.5 Å². The maximum Gasteiger partial charge on any atom is 0.257 e. The minimum absolute atomic E-state index is 0.289. The molecule has 1 N–H and O–H groups in total. The van der Waals surface area contributed by atoms with Crippen molar-refractivity contribution in [2.75, 3.05) is 12.4 Å². The standard InChI is InChI=1S/C15H17N3O2/c1-16-10-4-2-9(3-5-10)15-17-14(18-20-15)12-8-11-6-7-13(12)19-11/h2-5,11-13,16H,6-8H2,1H3. The summed E-state index contributed by atoms with van der Waals surface area (Å²) in [4.78, 5) is 4.56. The van der Waals surface area contributed by atoms with E-state index >= 15 is 0 Å². The first-order chi connectivity index (χ1) is 9.83. The third-order valence-electron chi connectivity index (χ3n) is 4.30. The highest BCUT2D eigenvalue weighted by Crippen LogP contribution is 2.43. The summed E-state index contributed by atoms with van der Waals surface area (Å²) in [6.07, 6.45) is 4.02. The first-order valence-electron chi connectivity index (χ1n) is 7.11. The van der Waals surface area contributed by atoms with Crippen LogP contribution in [-0.2, 0) is 4.74 Å². The van der Waals surface area contributed by atoms with Gasteiger partial charge < -0.3 is 14.6 Å². The van der Waals surface area contributed by atoms with E-state index in [1.165, 1.54) is 6.42 Å². The molecule has 2 aliphatic rings. The highest BCUT2D eigenvalue weighted by Gasteiger charge is 2.43. The van der Waals surface area contributed by atoms with Gasteiger partial charge in [-0.25, -0.2) is 0 Å². The summed E-state index contributed by atoms with van der Waals surface area (Å²) >= 11 is 0. The van der Waals surface area contributed by atoms with Crippen LogP contribution in [0.4, 0.5) is 5.69 Å². The number of hydrogen-bond donors (Lipinski definition) is 1. The van der Waals surface area contributed by atoms with Gasteiger partial charge in [0.15, 0.2) is 5.82 Å². The summed E-state index contributed by atoms with van der Waals surface area (Å²) < 4.78 is 11.3. The Hall–Kier alpha value is -1.88. The monoisotopic (exact) mass is 271 g/mol. The van der Waals surface area contributed by atoms with Crippen LogP contribution in [0.25, 0.3) is 11.5 Å². The second kappa shape index (κ2) is 4.59. The molecular formula is C15H17N3O2. The first kappa shape index (κ1) is 11.9. The number of nitrogens with one attached hydrogen (secondary N) is 1. The van der Waals surface area contributed by atoms with Crippen molar-refractivity contribution in [1.82, 2.24) is 10.1 Å². The predicted octanol–water partition coefficient (Wildman–Crippen LogP) is 2.81. The van der Waals surface area contributed by atoms with Gasteiger partial charge in [0.1, 0.15) is 0 Å². The lowest BCUT2D eigenvalue weighted by Crippen LogP contribution is -2.15. The van der Waals surface area contributed by atoms with Crippen molar-refractivity contribution in [3.63, 3.8) is 0 Å². The fraction of sp³-hybridized carbons (Fsp3) is 0.467. The van der Waals surface area contributed by atoms with Gasteiger partial charge in [-0.15, -0.1) is 0 Å². The van der Waals surface area contributed by atoms with Gasteiger partial charge in [-0.2, -0.15) is 4.98 Å². The molecule has 0 saturated carbocycles. The molecule has 0 radical (unpaired) electrons. The van der Waals surface area contributed by atoms with Gasteiger partial charge in [-0.1, -0.05) is 5.16 Å². The van der Waals surface area contributed by atoms with E-state index in [2.05, 4.69) is 15.5 Å². The molecule has 104 valence electrons. The van der Waals surface area contributed by atoms with E-state index in [0.29, 0.717) is 17.9 Å². The maximum absolute atomic E-state index is 5.85. The van der Waals surface area contributed by atoms with Crippen molar-refractivity contribution in [3.05, 3.63) is 30.1 Å². The topological polar surface area (TPSA) is 60.2 Å². The van der Waals surface area contributed by atoms with Crippen molar-refractivity contribution < 1.29 is 9.26 Å². The Morgan fingerprint density at radius 3 is 2.70 bits per heavy atom. The Bertz CT molecular complexity index is 608. The summed E-state index contributed by atoms with van der Waals surface area (Å²) in [5, 5.41) is 7.24. The second-order valence-corrected chi connectivity index (χ2v) is 5.50. The molecule has 1 aromatic carbocycles. The van der Waals surface area contributed by atoms with E-state index in [1.807, 2.05) is 31.3 Å². The molecule has 0 amide bonds.